The number of nitrogens with zero attached hydrogens (tertiary/aromatic N) is 4. The second-order valence-corrected chi connectivity index (χ2v) is 7.48. The maximum absolute atomic E-state index is 12.7. The van der Waals surface area contributed by atoms with Crippen LogP contribution >= 0.6 is 0 Å². The number of carbonyl (C=O) groups is 1. The average Bonchev–Trinajstić information content (AvgIpc) is 3.36. The molecule has 1 saturated heterocycles. The highest BCUT2D eigenvalue weighted by Crippen LogP contribution is 2.34. The molecule has 0 saturated carbocycles. The molecular formula is C22H22N4O3. The molecule has 29 heavy (non-hydrogen) atoms. The van der Waals surface area contributed by atoms with Crippen molar-refractivity contribution in [1.82, 2.24) is 9.78 Å². The Kier molecular flexibility index (Phi) is 5.12. The lowest BCUT2D eigenvalue weighted by Crippen LogP contribution is -2.21. The van der Waals surface area contributed by atoms with Gasteiger partial charge in [0.15, 0.2) is 5.78 Å². The Bertz CT molecular complexity index is 1050. The zero-order valence-corrected chi connectivity index (χ0v) is 16.2. The van der Waals surface area contributed by atoms with E-state index < -0.39 is 4.92 Å². The summed E-state index contributed by atoms with van der Waals surface area (Å²) < 4.78 is 1.79. The molecule has 3 aromatic rings. The molecule has 148 valence electrons. The van der Waals surface area contributed by atoms with E-state index in [1.807, 2.05) is 25.5 Å². The number of aryl methyl sites for hydroxylation is 1. The number of hydrogen-bond acceptors (Lipinski definition) is 5. The Labute approximate surface area is 168 Å². The molecule has 7 nitrogen and oxygen atoms in total. The second-order valence-electron chi connectivity index (χ2n) is 7.48. The van der Waals surface area contributed by atoms with E-state index in [0.717, 1.165) is 25.9 Å². The molecule has 0 radical (unpaired) electrons. The fourth-order valence-corrected chi connectivity index (χ4v) is 3.96. The normalized spacial score (nSPS) is 16.2. The van der Waals surface area contributed by atoms with Gasteiger partial charge in [-0.1, -0.05) is 30.3 Å². The van der Waals surface area contributed by atoms with E-state index in [-0.39, 0.29) is 11.5 Å². The highest BCUT2D eigenvalue weighted by atomic mass is 16.6. The lowest BCUT2D eigenvalue weighted by molar-refractivity contribution is -0.384. The molecule has 2 aromatic carbocycles. The van der Waals surface area contributed by atoms with Crippen LogP contribution in [-0.2, 0) is 13.5 Å². The molecule has 2 heterocycles. The van der Waals surface area contributed by atoms with Gasteiger partial charge in [0.1, 0.15) is 5.69 Å². The molecule has 1 aromatic heterocycles. The van der Waals surface area contributed by atoms with Gasteiger partial charge in [-0.25, -0.2) is 0 Å². The molecule has 4 rings (SSSR count). The van der Waals surface area contributed by atoms with Crippen molar-refractivity contribution >= 4 is 17.2 Å². The van der Waals surface area contributed by atoms with Crippen LogP contribution < -0.4 is 4.90 Å². The summed E-state index contributed by atoms with van der Waals surface area (Å²) in [6, 6.07) is 13.6. The zero-order valence-electron chi connectivity index (χ0n) is 16.2. The zero-order chi connectivity index (χ0) is 20.4. The van der Waals surface area contributed by atoms with E-state index >= 15 is 0 Å². The van der Waals surface area contributed by atoms with Crippen LogP contribution in [0.3, 0.4) is 0 Å². The van der Waals surface area contributed by atoms with E-state index in [4.69, 9.17) is 0 Å². The van der Waals surface area contributed by atoms with Gasteiger partial charge >= 0.3 is 0 Å². The monoisotopic (exact) mass is 390 g/mol. The SMILES string of the molecule is Cn1cc(CC2CCN(c3ccc(C(=O)c4ccccc4)cc3[N+](=O)[O-])C2)cn1. The van der Waals surface area contributed by atoms with Crippen molar-refractivity contribution in [2.24, 2.45) is 13.0 Å². The molecule has 0 spiro atoms. The Morgan fingerprint density at radius 3 is 2.69 bits per heavy atom. The summed E-state index contributed by atoms with van der Waals surface area (Å²) in [6.45, 7) is 1.51. The molecule has 1 unspecified atom stereocenters. The van der Waals surface area contributed by atoms with Gasteiger partial charge in [0.05, 0.1) is 11.1 Å². The number of carbonyl (C=O) groups excluding carboxylic acids is 1. The second kappa shape index (κ2) is 7.87. The van der Waals surface area contributed by atoms with Gasteiger partial charge in [-0.2, -0.15) is 5.10 Å². The summed E-state index contributed by atoms with van der Waals surface area (Å²) >= 11 is 0. The smallest absolute Gasteiger partial charge is 0.293 e. The lowest BCUT2D eigenvalue weighted by atomic mass is 10.0. The maximum Gasteiger partial charge on any atom is 0.293 e. The molecule has 1 aliphatic heterocycles. The summed E-state index contributed by atoms with van der Waals surface area (Å²) in [4.78, 5) is 26.0. The van der Waals surface area contributed by atoms with Gasteiger partial charge < -0.3 is 4.90 Å². The van der Waals surface area contributed by atoms with Crippen LogP contribution in [0.2, 0.25) is 0 Å². The summed E-state index contributed by atoms with van der Waals surface area (Å²) in [5.41, 5.74) is 2.59. The van der Waals surface area contributed by atoms with Crippen molar-refractivity contribution in [1.29, 1.82) is 0 Å². The fourth-order valence-electron chi connectivity index (χ4n) is 3.96. The van der Waals surface area contributed by atoms with Gasteiger partial charge in [0.2, 0.25) is 0 Å². The summed E-state index contributed by atoms with van der Waals surface area (Å²) in [6.07, 6.45) is 5.75. The topological polar surface area (TPSA) is 81.3 Å². The van der Waals surface area contributed by atoms with E-state index in [1.165, 1.54) is 11.6 Å². The Morgan fingerprint density at radius 1 is 1.21 bits per heavy atom. The van der Waals surface area contributed by atoms with E-state index in [2.05, 4.69) is 10.00 Å². The molecule has 1 aliphatic rings. The van der Waals surface area contributed by atoms with E-state index in [9.17, 15) is 14.9 Å². The Morgan fingerprint density at radius 2 is 2.00 bits per heavy atom. The van der Waals surface area contributed by atoms with Gasteiger partial charge in [0.25, 0.3) is 5.69 Å². The Hall–Kier alpha value is -3.48. The molecule has 0 N–H and O–H groups in total. The van der Waals surface area contributed by atoms with Crippen LogP contribution in [-0.4, -0.2) is 33.6 Å². The van der Waals surface area contributed by atoms with Gasteiger partial charge in [-0.3, -0.25) is 19.6 Å². The van der Waals surface area contributed by atoms with Crippen LogP contribution in [0.15, 0.2) is 60.9 Å². The van der Waals surface area contributed by atoms with E-state index in [1.54, 1.807) is 41.1 Å². The standard InChI is InChI=1S/C22H22N4O3/c1-24-14-17(13-23-24)11-16-9-10-25(15-16)20-8-7-19(12-21(20)26(28)29)22(27)18-5-3-2-4-6-18/h2-8,12-14,16H,9-11,15H2,1H3. The number of ketones is 1. The van der Waals surface area contributed by atoms with Crippen LogP contribution in [0.5, 0.6) is 0 Å². The van der Waals surface area contributed by atoms with Crippen LogP contribution in [0, 0.1) is 16.0 Å². The third-order valence-electron chi connectivity index (χ3n) is 5.38. The first-order chi connectivity index (χ1) is 14.0. The largest absolute Gasteiger partial charge is 0.366 e. The number of aromatic nitrogens is 2. The lowest BCUT2D eigenvalue weighted by Gasteiger charge is -2.19. The number of nitro benzene ring substituents is 1. The maximum atomic E-state index is 12.7. The highest BCUT2D eigenvalue weighted by molar-refractivity contribution is 6.09. The first-order valence-corrected chi connectivity index (χ1v) is 9.62. The molecule has 0 aliphatic carbocycles. The first kappa shape index (κ1) is 18.9. The number of benzene rings is 2. The number of rotatable bonds is 6. The van der Waals surface area contributed by atoms with Crippen molar-refractivity contribution in [3.8, 4) is 0 Å². The molecule has 0 amide bonds. The van der Waals surface area contributed by atoms with Crippen molar-refractivity contribution in [2.45, 2.75) is 12.8 Å². The predicted molar refractivity (Wildman–Crippen MR) is 110 cm³/mol. The van der Waals surface area contributed by atoms with Crippen LogP contribution in [0.1, 0.15) is 27.9 Å². The van der Waals surface area contributed by atoms with Gasteiger partial charge in [0, 0.05) is 43.5 Å². The van der Waals surface area contributed by atoms with Crippen LogP contribution in [0.25, 0.3) is 0 Å². The Balaban J connectivity index is 1.54. The third-order valence-corrected chi connectivity index (χ3v) is 5.38. The van der Waals surface area contributed by atoms with Crippen molar-refractivity contribution in [3.63, 3.8) is 0 Å². The number of hydrogen-bond donors (Lipinski definition) is 0. The average molecular weight is 390 g/mol. The minimum atomic E-state index is -0.397. The van der Waals surface area contributed by atoms with Gasteiger partial charge in [-0.05, 0) is 36.5 Å². The van der Waals surface area contributed by atoms with E-state index in [0.29, 0.717) is 22.7 Å². The molecule has 0 bridgehead atoms. The van der Waals surface area contributed by atoms with Crippen molar-refractivity contribution in [2.75, 3.05) is 18.0 Å². The highest BCUT2D eigenvalue weighted by Gasteiger charge is 2.29. The number of anilines is 1. The minimum absolute atomic E-state index is 0.0196. The summed E-state index contributed by atoms with van der Waals surface area (Å²) in [5.74, 6) is 0.209. The third kappa shape index (κ3) is 4.03. The number of nitro groups is 1. The molecule has 7 heteroatoms. The van der Waals surface area contributed by atoms with Crippen LogP contribution in [0.4, 0.5) is 11.4 Å². The summed E-state index contributed by atoms with van der Waals surface area (Å²) in [5, 5.41) is 15.9. The van der Waals surface area contributed by atoms with Crippen molar-refractivity contribution < 1.29 is 9.72 Å². The van der Waals surface area contributed by atoms with Crippen molar-refractivity contribution in [3.05, 3.63) is 87.7 Å². The van der Waals surface area contributed by atoms with Gasteiger partial charge in [-0.15, -0.1) is 0 Å². The predicted octanol–water partition coefficient (Wildman–Crippen LogP) is 3.63. The minimum Gasteiger partial charge on any atom is -0.366 e. The molecule has 1 fully saturated rings. The molecular weight excluding hydrogens is 368 g/mol. The quantitative estimate of drug-likeness (QED) is 0.365. The fraction of sp³-hybridized carbons (Fsp3) is 0.273. The summed E-state index contributed by atoms with van der Waals surface area (Å²) in [7, 11) is 1.89. The molecule has 1 atom stereocenters. The first-order valence-electron chi connectivity index (χ1n) is 9.62.